The molecule has 158 valence electrons. The van der Waals surface area contributed by atoms with Gasteiger partial charge in [-0.2, -0.15) is 0 Å². The minimum atomic E-state index is -0.524. The standard InChI is InChI=1S/C22H30N2O5/c1-22(2,3)29-21(25)24-13-15-8-7-9-16(10-15)23-14-18-19(27-5)11-17(26-4)12-20(18)28-6/h7-12,23H,13-14H2,1-6H3,(H,24,25). The lowest BCUT2D eigenvalue weighted by Crippen LogP contribution is -2.32. The third-order valence-electron chi connectivity index (χ3n) is 4.05. The summed E-state index contributed by atoms with van der Waals surface area (Å²) in [6, 6.07) is 11.4. The van der Waals surface area contributed by atoms with Crippen molar-refractivity contribution in [1.82, 2.24) is 5.32 Å². The van der Waals surface area contributed by atoms with E-state index in [2.05, 4.69) is 10.6 Å². The van der Waals surface area contributed by atoms with Crippen LogP contribution in [0.15, 0.2) is 36.4 Å². The highest BCUT2D eigenvalue weighted by molar-refractivity contribution is 5.67. The van der Waals surface area contributed by atoms with Crippen molar-refractivity contribution in [1.29, 1.82) is 0 Å². The zero-order valence-electron chi connectivity index (χ0n) is 17.9. The Hall–Kier alpha value is -3.09. The number of alkyl carbamates (subject to hydrolysis) is 1. The zero-order chi connectivity index (χ0) is 21.4. The lowest BCUT2D eigenvalue weighted by molar-refractivity contribution is 0.0523. The van der Waals surface area contributed by atoms with E-state index in [9.17, 15) is 4.79 Å². The van der Waals surface area contributed by atoms with E-state index in [0.717, 1.165) is 16.8 Å². The van der Waals surface area contributed by atoms with Gasteiger partial charge in [0.2, 0.25) is 0 Å². The Bertz CT molecular complexity index is 805. The third kappa shape index (κ3) is 6.78. The van der Waals surface area contributed by atoms with Crippen molar-refractivity contribution < 1.29 is 23.7 Å². The number of carbonyl (C=O) groups is 1. The molecule has 0 atom stereocenters. The van der Waals surface area contributed by atoms with E-state index >= 15 is 0 Å². The smallest absolute Gasteiger partial charge is 0.407 e. The number of nitrogens with one attached hydrogen (secondary N) is 2. The molecule has 2 N–H and O–H groups in total. The van der Waals surface area contributed by atoms with Crippen LogP contribution in [-0.2, 0) is 17.8 Å². The van der Waals surface area contributed by atoms with Crippen LogP contribution in [0.4, 0.5) is 10.5 Å². The van der Waals surface area contributed by atoms with Crippen molar-refractivity contribution in [2.24, 2.45) is 0 Å². The number of hydrogen-bond donors (Lipinski definition) is 2. The molecule has 0 aliphatic rings. The fourth-order valence-electron chi connectivity index (χ4n) is 2.72. The van der Waals surface area contributed by atoms with Crippen molar-refractivity contribution in [2.45, 2.75) is 39.5 Å². The van der Waals surface area contributed by atoms with Crippen LogP contribution < -0.4 is 24.8 Å². The molecule has 2 aromatic rings. The summed E-state index contributed by atoms with van der Waals surface area (Å²) in [5, 5.41) is 6.13. The van der Waals surface area contributed by atoms with Gasteiger partial charge >= 0.3 is 6.09 Å². The average Bonchev–Trinajstić information content (AvgIpc) is 2.69. The molecule has 0 saturated carbocycles. The topological polar surface area (TPSA) is 78.1 Å². The lowest BCUT2D eigenvalue weighted by Gasteiger charge is -2.19. The summed E-state index contributed by atoms with van der Waals surface area (Å²) >= 11 is 0. The first-order valence-electron chi connectivity index (χ1n) is 9.34. The van der Waals surface area contributed by atoms with Crippen LogP contribution in [0.25, 0.3) is 0 Å². The van der Waals surface area contributed by atoms with Gasteiger partial charge in [-0.25, -0.2) is 4.79 Å². The molecule has 0 aliphatic carbocycles. The van der Waals surface area contributed by atoms with Crippen LogP contribution in [0.1, 0.15) is 31.9 Å². The first-order chi connectivity index (χ1) is 13.8. The second-order valence-corrected chi connectivity index (χ2v) is 7.42. The molecule has 0 heterocycles. The van der Waals surface area contributed by atoms with Gasteiger partial charge in [-0.15, -0.1) is 0 Å². The van der Waals surface area contributed by atoms with Crippen LogP contribution in [-0.4, -0.2) is 33.0 Å². The Labute approximate surface area is 172 Å². The number of hydrogen-bond acceptors (Lipinski definition) is 6. The first kappa shape index (κ1) is 22.2. The molecule has 0 unspecified atom stereocenters. The molecule has 0 spiro atoms. The van der Waals surface area contributed by atoms with E-state index in [0.29, 0.717) is 30.3 Å². The summed E-state index contributed by atoms with van der Waals surface area (Å²) in [6.45, 7) is 6.37. The monoisotopic (exact) mass is 402 g/mol. The van der Waals surface area contributed by atoms with Crippen LogP contribution in [0.3, 0.4) is 0 Å². The van der Waals surface area contributed by atoms with E-state index in [-0.39, 0.29) is 0 Å². The number of carbonyl (C=O) groups excluding carboxylic acids is 1. The molecule has 0 fully saturated rings. The Morgan fingerprint density at radius 3 is 2.14 bits per heavy atom. The molecule has 2 aromatic carbocycles. The predicted molar refractivity (Wildman–Crippen MR) is 113 cm³/mol. The summed E-state index contributed by atoms with van der Waals surface area (Å²) < 4.78 is 21.5. The van der Waals surface area contributed by atoms with Crippen LogP contribution >= 0.6 is 0 Å². The van der Waals surface area contributed by atoms with Gasteiger partial charge in [0, 0.05) is 30.9 Å². The fourth-order valence-corrected chi connectivity index (χ4v) is 2.72. The summed E-state index contributed by atoms with van der Waals surface area (Å²) in [4.78, 5) is 11.8. The number of rotatable bonds is 8. The van der Waals surface area contributed by atoms with Crippen molar-refractivity contribution in [3.63, 3.8) is 0 Å². The van der Waals surface area contributed by atoms with Gasteiger partial charge in [0.05, 0.1) is 26.9 Å². The molecular formula is C22H30N2O5. The second-order valence-electron chi connectivity index (χ2n) is 7.42. The molecule has 0 saturated heterocycles. The van der Waals surface area contributed by atoms with E-state index in [1.54, 1.807) is 21.3 Å². The van der Waals surface area contributed by atoms with Crippen LogP contribution in [0.5, 0.6) is 17.2 Å². The van der Waals surface area contributed by atoms with Crippen molar-refractivity contribution >= 4 is 11.8 Å². The molecule has 0 radical (unpaired) electrons. The van der Waals surface area contributed by atoms with Gasteiger partial charge in [-0.1, -0.05) is 12.1 Å². The summed E-state index contributed by atoms with van der Waals surface area (Å²) in [5.41, 5.74) is 2.22. The first-order valence-corrected chi connectivity index (χ1v) is 9.34. The largest absolute Gasteiger partial charge is 0.496 e. The molecule has 29 heavy (non-hydrogen) atoms. The summed E-state index contributed by atoms with van der Waals surface area (Å²) in [7, 11) is 4.82. The highest BCUT2D eigenvalue weighted by Gasteiger charge is 2.16. The van der Waals surface area contributed by atoms with E-state index in [1.165, 1.54) is 0 Å². The minimum absolute atomic E-state index is 0.375. The van der Waals surface area contributed by atoms with Crippen LogP contribution in [0.2, 0.25) is 0 Å². The Balaban J connectivity index is 2.05. The molecular weight excluding hydrogens is 372 g/mol. The predicted octanol–water partition coefficient (Wildman–Crippen LogP) is 4.35. The molecule has 0 aliphatic heterocycles. The number of methoxy groups -OCH3 is 3. The Morgan fingerprint density at radius 2 is 1.59 bits per heavy atom. The van der Waals surface area contributed by atoms with Crippen LogP contribution in [0, 0.1) is 0 Å². The molecule has 2 rings (SSSR count). The van der Waals surface area contributed by atoms with Gasteiger partial charge in [0.1, 0.15) is 22.8 Å². The SMILES string of the molecule is COc1cc(OC)c(CNc2cccc(CNC(=O)OC(C)(C)C)c2)c(OC)c1. The lowest BCUT2D eigenvalue weighted by atomic mass is 10.1. The average molecular weight is 402 g/mol. The fraction of sp³-hybridized carbons (Fsp3) is 0.409. The second kappa shape index (κ2) is 9.91. The molecule has 7 heteroatoms. The molecule has 0 bridgehead atoms. The molecule has 0 aromatic heterocycles. The van der Waals surface area contributed by atoms with Gasteiger partial charge in [-0.05, 0) is 38.5 Å². The number of anilines is 1. The van der Waals surface area contributed by atoms with Crippen molar-refractivity contribution in [3.8, 4) is 17.2 Å². The van der Waals surface area contributed by atoms with Gasteiger partial charge in [0.15, 0.2) is 0 Å². The zero-order valence-corrected chi connectivity index (χ0v) is 17.9. The summed E-state index contributed by atoms with van der Waals surface area (Å²) in [6.07, 6.45) is -0.441. The number of ether oxygens (including phenoxy) is 4. The van der Waals surface area contributed by atoms with Gasteiger partial charge in [0.25, 0.3) is 0 Å². The van der Waals surface area contributed by atoms with Crippen molar-refractivity contribution in [3.05, 3.63) is 47.5 Å². The normalized spacial score (nSPS) is 10.8. The summed E-state index contributed by atoms with van der Waals surface area (Å²) in [5.74, 6) is 2.02. The highest BCUT2D eigenvalue weighted by Crippen LogP contribution is 2.34. The number of amides is 1. The van der Waals surface area contributed by atoms with E-state index in [1.807, 2.05) is 57.2 Å². The van der Waals surface area contributed by atoms with E-state index in [4.69, 9.17) is 18.9 Å². The maximum absolute atomic E-state index is 11.8. The van der Waals surface area contributed by atoms with Crippen molar-refractivity contribution in [2.75, 3.05) is 26.6 Å². The quantitative estimate of drug-likeness (QED) is 0.684. The molecule has 1 amide bonds. The third-order valence-corrected chi connectivity index (χ3v) is 4.05. The number of benzene rings is 2. The minimum Gasteiger partial charge on any atom is -0.496 e. The highest BCUT2D eigenvalue weighted by atomic mass is 16.6. The Morgan fingerprint density at radius 1 is 0.931 bits per heavy atom. The van der Waals surface area contributed by atoms with Gasteiger partial charge in [-0.3, -0.25) is 0 Å². The maximum atomic E-state index is 11.8. The Kier molecular flexibility index (Phi) is 7.59. The van der Waals surface area contributed by atoms with Gasteiger partial charge < -0.3 is 29.6 Å². The maximum Gasteiger partial charge on any atom is 0.407 e. The van der Waals surface area contributed by atoms with E-state index < -0.39 is 11.7 Å². The molecule has 7 nitrogen and oxygen atoms in total.